The van der Waals surface area contributed by atoms with Gasteiger partial charge in [0, 0.05) is 25.1 Å². The Morgan fingerprint density at radius 3 is 2.21 bits per heavy atom. The molecule has 1 saturated carbocycles. The topological polar surface area (TPSA) is 138 Å². The Labute approximate surface area is 161 Å². The summed E-state index contributed by atoms with van der Waals surface area (Å²) in [6.45, 7) is 3.80. The number of carbonyl (C=O) groups excluding carboxylic acids is 4. The first-order valence-corrected chi connectivity index (χ1v) is 10.3. The quantitative estimate of drug-likeness (QED) is 0.498. The van der Waals surface area contributed by atoms with Crippen molar-refractivity contribution in [2.75, 3.05) is 6.54 Å². The van der Waals surface area contributed by atoms with E-state index in [4.69, 9.17) is 9.39 Å². The number of allylic oxidation sites excluding steroid dienone is 1. The smallest absolute Gasteiger partial charge is 0.333 e. The Balaban J connectivity index is 1.52. The van der Waals surface area contributed by atoms with Gasteiger partial charge in [-0.25, -0.2) is 4.79 Å². The standard InChI is InChI=1S/C17H20N2O8S/c1-10-8-13(28(24,25)26)16(22)19(10)27-17(23)12-4-2-11(3-5-12)9-18-14(20)6-7-15(18)21/h6-7,11-13H,1-5,8-9H2,(H,24,25,26). The van der Waals surface area contributed by atoms with Gasteiger partial charge in [0.05, 0.1) is 11.6 Å². The zero-order valence-electron chi connectivity index (χ0n) is 14.9. The highest BCUT2D eigenvalue weighted by Gasteiger charge is 2.45. The number of amides is 3. The molecule has 3 amide bonds. The third-order valence-electron chi connectivity index (χ3n) is 5.25. The Kier molecular flexibility index (Phi) is 5.39. The summed E-state index contributed by atoms with van der Waals surface area (Å²) >= 11 is 0. The average Bonchev–Trinajstić information content (AvgIpc) is 3.09. The average molecular weight is 412 g/mol. The molecule has 3 aliphatic rings. The number of rotatable bonds is 5. The van der Waals surface area contributed by atoms with Gasteiger partial charge in [0.2, 0.25) is 0 Å². The van der Waals surface area contributed by atoms with Crippen molar-refractivity contribution in [3.8, 4) is 0 Å². The van der Waals surface area contributed by atoms with E-state index in [1.54, 1.807) is 0 Å². The minimum Gasteiger partial charge on any atom is -0.333 e. The van der Waals surface area contributed by atoms with Crippen LogP contribution in [-0.2, 0) is 34.1 Å². The summed E-state index contributed by atoms with van der Waals surface area (Å²) in [7, 11) is -4.61. The van der Waals surface area contributed by atoms with Crippen LogP contribution in [0.25, 0.3) is 0 Å². The van der Waals surface area contributed by atoms with E-state index in [9.17, 15) is 27.6 Å². The van der Waals surface area contributed by atoms with Gasteiger partial charge in [-0.3, -0.25) is 23.8 Å². The van der Waals surface area contributed by atoms with Crippen LogP contribution in [-0.4, -0.2) is 58.4 Å². The van der Waals surface area contributed by atoms with E-state index in [2.05, 4.69) is 6.58 Å². The molecule has 1 aliphatic carbocycles. The fourth-order valence-corrected chi connectivity index (χ4v) is 4.38. The third kappa shape index (κ3) is 3.99. The summed E-state index contributed by atoms with van der Waals surface area (Å²) < 4.78 is 31.5. The fraction of sp³-hybridized carbons (Fsp3) is 0.529. The molecule has 0 aromatic carbocycles. The van der Waals surface area contributed by atoms with Crippen molar-refractivity contribution in [2.24, 2.45) is 11.8 Å². The highest BCUT2D eigenvalue weighted by Crippen LogP contribution is 2.33. The molecule has 1 atom stereocenters. The summed E-state index contributed by atoms with van der Waals surface area (Å²) in [4.78, 5) is 53.9. The molecule has 1 N–H and O–H groups in total. The van der Waals surface area contributed by atoms with E-state index in [1.807, 2.05) is 0 Å². The van der Waals surface area contributed by atoms with E-state index in [0.29, 0.717) is 37.3 Å². The molecule has 152 valence electrons. The zero-order valence-corrected chi connectivity index (χ0v) is 15.8. The normalized spacial score (nSPS) is 28.4. The van der Waals surface area contributed by atoms with Crippen molar-refractivity contribution in [1.82, 2.24) is 9.96 Å². The van der Waals surface area contributed by atoms with E-state index < -0.39 is 33.2 Å². The predicted octanol–water partition coefficient (Wildman–Crippen LogP) is 0.178. The van der Waals surface area contributed by atoms with Gasteiger partial charge >= 0.3 is 5.97 Å². The fourth-order valence-electron chi connectivity index (χ4n) is 3.63. The lowest BCUT2D eigenvalue weighted by atomic mass is 9.82. The molecule has 0 radical (unpaired) electrons. The predicted molar refractivity (Wildman–Crippen MR) is 93.3 cm³/mol. The van der Waals surface area contributed by atoms with Gasteiger partial charge in [-0.05, 0) is 31.6 Å². The molecule has 3 rings (SSSR count). The molecule has 2 aliphatic heterocycles. The molecule has 1 saturated heterocycles. The molecule has 11 heteroatoms. The first kappa shape index (κ1) is 20.2. The lowest BCUT2D eigenvalue weighted by molar-refractivity contribution is -0.191. The van der Waals surface area contributed by atoms with Crippen molar-refractivity contribution in [3.63, 3.8) is 0 Å². The van der Waals surface area contributed by atoms with Crippen LogP contribution in [0.2, 0.25) is 0 Å². The molecule has 28 heavy (non-hydrogen) atoms. The first-order chi connectivity index (χ1) is 13.1. The Morgan fingerprint density at radius 2 is 1.71 bits per heavy atom. The van der Waals surface area contributed by atoms with E-state index >= 15 is 0 Å². The third-order valence-corrected chi connectivity index (χ3v) is 6.33. The minimum atomic E-state index is -4.61. The summed E-state index contributed by atoms with van der Waals surface area (Å²) in [6, 6.07) is 0. The summed E-state index contributed by atoms with van der Waals surface area (Å²) in [5.74, 6) is -2.84. The maximum absolute atomic E-state index is 12.4. The molecule has 0 aromatic heterocycles. The Bertz CT molecular complexity index is 852. The van der Waals surface area contributed by atoms with Gasteiger partial charge in [-0.2, -0.15) is 8.42 Å². The maximum atomic E-state index is 12.4. The van der Waals surface area contributed by atoms with Crippen molar-refractivity contribution < 1.29 is 37.0 Å². The van der Waals surface area contributed by atoms with E-state index in [1.165, 1.54) is 17.1 Å². The van der Waals surface area contributed by atoms with Gasteiger partial charge in [0.1, 0.15) is 0 Å². The van der Waals surface area contributed by atoms with E-state index in [-0.39, 0.29) is 29.9 Å². The summed E-state index contributed by atoms with van der Waals surface area (Å²) in [5, 5.41) is -1.17. The molecule has 2 heterocycles. The van der Waals surface area contributed by atoms with Crippen LogP contribution in [0.4, 0.5) is 0 Å². The molecule has 1 unspecified atom stereocenters. The number of hydroxylamine groups is 2. The van der Waals surface area contributed by atoms with Crippen molar-refractivity contribution in [1.29, 1.82) is 0 Å². The number of hydrogen-bond acceptors (Lipinski definition) is 7. The maximum Gasteiger partial charge on any atom is 0.336 e. The van der Waals surface area contributed by atoms with Gasteiger partial charge < -0.3 is 4.84 Å². The van der Waals surface area contributed by atoms with Crippen LogP contribution in [0.1, 0.15) is 32.1 Å². The van der Waals surface area contributed by atoms with Crippen LogP contribution in [0.15, 0.2) is 24.4 Å². The second-order valence-corrected chi connectivity index (χ2v) is 8.75. The largest absolute Gasteiger partial charge is 0.336 e. The highest BCUT2D eigenvalue weighted by molar-refractivity contribution is 7.87. The molecular formula is C17H20N2O8S. The van der Waals surface area contributed by atoms with Crippen LogP contribution in [0.3, 0.4) is 0 Å². The summed E-state index contributed by atoms with van der Waals surface area (Å²) in [5.41, 5.74) is -0.0202. The Morgan fingerprint density at radius 1 is 1.14 bits per heavy atom. The molecule has 2 fully saturated rings. The van der Waals surface area contributed by atoms with Gasteiger partial charge in [-0.15, -0.1) is 5.06 Å². The van der Waals surface area contributed by atoms with Gasteiger partial charge in [0.15, 0.2) is 5.25 Å². The second kappa shape index (κ2) is 7.47. The monoisotopic (exact) mass is 412 g/mol. The van der Waals surface area contributed by atoms with Crippen LogP contribution in [0, 0.1) is 11.8 Å². The van der Waals surface area contributed by atoms with Crippen LogP contribution < -0.4 is 0 Å². The molecule has 0 spiro atoms. The highest BCUT2D eigenvalue weighted by atomic mass is 32.2. The number of carbonyl (C=O) groups is 4. The van der Waals surface area contributed by atoms with Crippen LogP contribution >= 0.6 is 0 Å². The number of nitrogens with zero attached hydrogens (tertiary/aromatic N) is 2. The number of hydrogen-bond donors (Lipinski definition) is 1. The summed E-state index contributed by atoms with van der Waals surface area (Å²) in [6.07, 6.45) is 4.20. The zero-order chi connectivity index (χ0) is 20.6. The lowest BCUT2D eigenvalue weighted by Crippen LogP contribution is -2.38. The SMILES string of the molecule is C=C1CC(S(=O)(=O)O)C(=O)N1OC(=O)C1CCC(CN2C(=O)C=CC2=O)CC1. The lowest BCUT2D eigenvalue weighted by Gasteiger charge is -2.30. The Hall–Kier alpha value is -2.53. The van der Waals surface area contributed by atoms with E-state index in [0.717, 1.165) is 0 Å². The van der Waals surface area contributed by atoms with Gasteiger partial charge in [-0.1, -0.05) is 6.58 Å². The van der Waals surface area contributed by atoms with Gasteiger partial charge in [0.25, 0.3) is 27.8 Å². The minimum absolute atomic E-state index is 0.0202. The van der Waals surface area contributed by atoms with Crippen molar-refractivity contribution in [2.45, 2.75) is 37.4 Å². The number of imide groups is 1. The first-order valence-electron chi connectivity index (χ1n) is 8.81. The van der Waals surface area contributed by atoms with Crippen molar-refractivity contribution >= 4 is 33.8 Å². The molecule has 10 nitrogen and oxygen atoms in total. The molecular weight excluding hydrogens is 392 g/mol. The molecule has 0 aromatic rings. The van der Waals surface area contributed by atoms with Crippen molar-refractivity contribution in [3.05, 3.63) is 24.4 Å². The van der Waals surface area contributed by atoms with Crippen LogP contribution in [0.5, 0.6) is 0 Å². The second-order valence-electron chi connectivity index (χ2n) is 7.15. The molecule has 0 bridgehead atoms.